The Morgan fingerprint density at radius 1 is 1.36 bits per heavy atom. The van der Waals surface area contributed by atoms with Crippen molar-refractivity contribution in [2.24, 2.45) is 5.92 Å². The van der Waals surface area contributed by atoms with Gasteiger partial charge in [-0.05, 0) is 12.8 Å². The van der Waals surface area contributed by atoms with E-state index in [1.54, 1.807) is 0 Å². The average Bonchev–Trinajstić information content (AvgIpc) is 2.03. The predicted molar refractivity (Wildman–Crippen MR) is 52.5 cm³/mol. The van der Waals surface area contributed by atoms with Gasteiger partial charge in [0.25, 0.3) is 0 Å². The van der Waals surface area contributed by atoms with Crippen LogP contribution in [-0.2, 0) is 0 Å². The largest absolute Gasteiger partial charge is 0.102 e. The van der Waals surface area contributed by atoms with Gasteiger partial charge >= 0.3 is 0 Å². The van der Waals surface area contributed by atoms with Crippen LogP contribution in [-0.4, -0.2) is 0 Å². The first kappa shape index (κ1) is 10.2. The molecular formula is C11H18. The van der Waals surface area contributed by atoms with Gasteiger partial charge < -0.3 is 0 Å². The van der Waals surface area contributed by atoms with Gasteiger partial charge in [0, 0.05) is 5.92 Å². The van der Waals surface area contributed by atoms with Gasteiger partial charge in [-0.1, -0.05) is 37.6 Å². The van der Waals surface area contributed by atoms with Crippen molar-refractivity contribution in [1.82, 2.24) is 0 Å². The van der Waals surface area contributed by atoms with Gasteiger partial charge in [0.05, 0.1) is 0 Å². The Kier molecular flexibility index (Phi) is 5.54. The molecule has 0 aliphatic rings. The summed E-state index contributed by atoms with van der Waals surface area (Å²) in [5, 5.41) is 0. The van der Waals surface area contributed by atoms with Crippen molar-refractivity contribution in [1.29, 1.82) is 0 Å². The molecule has 0 fully saturated rings. The molecule has 0 aromatic carbocycles. The summed E-state index contributed by atoms with van der Waals surface area (Å²) in [5.74, 6) is 0.307. The molecule has 0 N–H and O–H groups in total. The summed E-state index contributed by atoms with van der Waals surface area (Å²) in [6.45, 7) is 13.6. The molecule has 0 aromatic rings. The van der Waals surface area contributed by atoms with Crippen LogP contribution in [0.4, 0.5) is 0 Å². The summed E-state index contributed by atoms with van der Waals surface area (Å²) < 4.78 is 0. The molecule has 0 heteroatoms. The minimum Gasteiger partial charge on any atom is -0.102 e. The third-order valence-electron chi connectivity index (χ3n) is 1.83. The highest BCUT2D eigenvalue weighted by Gasteiger charge is 2.01. The van der Waals surface area contributed by atoms with Gasteiger partial charge in [0.15, 0.2) is 0 Å². The van der Waals surface area contributed by atoms with Gasteiger partial charge in [-0.3, -0.25) is 0 Å². The molecule has 0 nitrogen and oxygen atoms in total. The van der Waals surface area contributed by atoms with Crippen LogP contribution < -0.4 is 0 Å². The fourth-order valence-electron chi connectivity index (χ4n) is 1.00. The van der Waals surface area contributed by atoms with Crippen molar-refractivity contribution in [2.75, 3.05) is 0 Å². The van der Waals surface area contributed by atoms with Crippen LogP contribution in [0.2, 0.25) is 0 Å². The van der Waals surface area contributed by atoms with Crippen molar-refractivity contribution in [2.45, 2.75) is 26.2 Å². The van der Waals surface area contributed by atoms with Gasteiger partial charge in [-0.15, -0.1) is 13.2 Å². The standard InChI is InChI=1S/C11H18/c1-5-8-9-10(4)11(6-2)7-3/h6-7,11H,2-5,8-9H2,1H3. The lowest BCUT2D eigenvalue weighted by atomic mass is 9.96. The van der Waals surface area contributed by atoms with Crippen molar-refractivity contribution >= 4 is 0 Å². The normalized spacial score (nSPS) is 9.64. The fourth-order valence-corrected chi connectivity index (χ4v) is 1.00. The van der Waals surface area contributed by atoms with E-state index >= 15 is 0 Å². The van der Waals surface area contributed by atoms with Gasteiger partial charge in [0.2, 0.25) is 0 Å². The summed E-state index contributed by atoms with van der Waals surface area (Å²) in [5.41, 5.74) is 1.23. The lowest BCUT2D eigenvalue weighted by Gasteiger charge is -2.09. The van der Waals surface area contributed by atoms with Crippen molar-refractivity contribution in [3.8, 4) is 0 Å². The number of allylic oxidation sites excluding steroid dienone is 3. The van der Waals surface area contributed by atoms with E-state index in [0.717, 1.165) is 6.42 Å². The zero-order valence-corrected chi connectivity index (χ0v) is 7.47. The second-order valence-electron chi connectivity index (χ2n) is 2.76. The smallest absolute Gasteiger partial charge is 0.0149 e. The minimum atomic E-state index is 0.307. The topological polar surface area (TPSA) is 0 Å². The molecule has 11 heavy (non-hydrogen) atoms. The number of hydrogen-bond donors (Lipinski definition) is 0. The zero-order chi connectivity index (χ0) is 8.69. The maximum Gasteiger partial charge on any atom is 0.0149 e. The molecule has 0 amide bonds. The van der Waals surface area contributed by atoms with Gasteiger partial charge in [-0.2, -0.15) is 0 Å². The van der Waals surface area contributed by atoms with Crippen LogP contribution in [0.3, 0.4) is 0 Å². The Bertz CT molecular complexity index is 134. The summed E-state index contributed by atoms with van der Waals surface area (Å²) in [6.07, 6.45) is 7.33. The van der Waals surface area contributed by atoms with E-state index in [1.807, 2.05) is 12.2 Å². The molecule has 0 saturated heterocycles. The Balaban J connectivity index is 3.79. The molecule has 0 rings (SSSR count). The predicted octanol–water partition coefficient (Wildman–Crippen LogP) is 3.72. The SMILES string of the molecule is C=CC(C=C)C(=C)CCCC. The molecule has 0 bridgehead atoms. The van der Waals surface area contributed by atoms with Crippen LogP contribution >= 0.6 is 0 Å². The first-order valence-electron chi connectivity index (χ1n) is 4.19. The van der Waals surface area contributed by atoms with Gasteiger partial charge in [0.1, 0.15) is 0 Å². The van der Waals surface area contributed by atoms with E-state index in [0.29, 0.717) is 5.92 Å². The van der Waals surface area contributed by atoms with Crippen molar-refractivity contribution in [3.05, 3.63) is 37.5 Å². The average molecular weight is 150 g/mol. The van der Waals surface area contributed by atoms with Crippen molar-refractivity contribution in [3.63, 3.8) is 0 Å². The highest BCUT2D eigenvalue weighted by Crippen LogP contribution is 2.17. The van der Waals surface area contributed by atoms with Crippen LogP contribution in [0.1, 0.15) is 26.2 Å². The minimum absolute atomic E-state index is 0.307. The van der Waals surface area contributed by atoms with Crippen LogP contribution in [0.25, 0.3) is 0 Å². The monoisotopic (exact) mass is 150 g/mol. The molecular weight excluding hydrogens is 132 g/mol. The maximum absolute atomic E-state index is 3.99. The van der Waals surface area contributed by atoms with E-state index in [2.05, 4.69) is 26.7 Å². The van der Waals surface area contributed by atoms with Crippen molar-refractivity contribution < 1.29 is 0 Å². The van der Waals surface area contributed by atoms with Crippen LogP contribution in [0.5, 0.6) is 0 Å². The molecule has 0 radical (unpaired) electrons. The summed E-state index contributed by atoms with van der Waals surface area (Å²) in [7, 11) is 0. The van der Waals surface area contributed by atoms with E-state index in [-0.39, 0.29) is 0 Å². The Morgan fingerprint density at radius 2 is 1.91 bits per heavy atom. The summed E-state index contributed by atoms with van der Waals surface area (Å²) in [4.78, 5) is 0. The molecule has 0 aliphatic heterocycles. The molecule has 0 atom stereocenters. The molecule has 0 heterocycles. The molecule has 0 aliphatic carbocycles. The second kappa shape index (κ2) is 5.96. The fraction of sp³-hybridized carbons (Fsp3) is 0.455. The quantitative estimate of drug-likeness (QED) is 0.506. The molecule has 0 aromatic heterocycles. The number of unbranched alkanes of at least 4 members (excludes halogenated alkanes) is 1. The highest BCUT2D eigenvalue weighted by molar-refractivity contribution is 5.14. The first-order valence-corrected chi connectivity index (χ1v) is 4.19. The Hall–Kier alpha value is -0.780. The first-order chi connectivity index (χ1) is 5.26. The Labute approximate surface area is 70.3 Å². The number of hydrogen-bond acceptors (Lipinski definition) is 0. The highest BCUT2D eigenvalue weighted by atomic mass is 14.1. The summed E-state index contributed by atoms with van der Waals surface area (Å²) >= 11 is 0. The van der Waals surface area contributed by atoms with Crippen LogP contribution in [0, 0.1) is 5.92 Å². The van der Waals surface area contributed by atoms with Gasteiger partial charge in [-0.25, -0.2) is 0 Å². The third kappa shape index (κ3) is 3.82. The molecule has 0 saturated carbocycles. The number of rotatable bonds is 6. The lowest BCUT2D eigenvalue weighted by molar-refractivity contribution is 0.746. The second-order valence-corrected chi connectivity index (χ2v) is 2.76. The maximum atomic E-state index is 3.99. The molecule has 0 unspecified atom stereocenters. The molecule has 0 spiro atoms. The van der Waals surface area contributed by atoms with E-state index in [1.165, 1.54) is 18.4 Å². The Morgan fingerprint density at radius 3 is 2.27 bits per heavy atom. The van der Waals surface area contributed by atoms with E-state index < -0.39 is 0 Å². The summed E-state index contributed by atoms with van der Waals surface area (Å²) in [6, 6.07) is 0. The molecule has 62 valence electrons. The van der Waals surface area contributed by atoms with E-state index in [9.17, 15) is 0 Å². The van der Waals surface area contributed by atoms with Crippen LogP contribution in [0.15, 0.2) is 37.5 Å². The third-order valence-corrected chi connectivity index (χ3v) is 1.83. The zero-order valence-electron chi connectivity index (χ0n) is 7.47. The van der Waals surface area contributed by atoms with E-state index in [4.69, 9.17) is 0 Å². The lowest BCUT2D eigenvalue weighted by Crippen LogP contribution is -1.94.